The third-order valence-electron chi connectivity index (χ3n) is 2.05. The number of halogens is 2. The zero-order chi connectivity index (χ0) is 13.3. The molecule has 0 aliphatic heterocycles. The molecule has 0 bridgehead atoms. The predicted molar refractivity (Wildman–Crippen MR) is 50.2 cm³/mol. The van der Waals surface area contributed by atoms with Crippen LogP contribution in [0.4, 0.5) is 8.78 Å². The number of nitriles is 1. The van der Waals surface area contributed by atoms with E-state index in [9.17, 15) is 8.78 Å². The fourth-order valence-electron chi connectivity index (χ4n) is 1.33. The van der Waals surface area contributed by atoms with E-state index in [0.29, 0.717) is 0 Å². The summed E-state index contributed by atoms with van der Waals surface area (Å²) in [5, 5.41) is 43.3. The average molecular weight is 245 g/mol. The molecule has 0 fully saturated rings. The molecule has 7 heteroatoms. The number of hydrogen-bond acceptors (Lipinski definition) is 5. The van der Waals surface area contributed by atoms with E-state index >= 15 is 0 Å². The summed E-state index contributed by atoms with van der Waals surface area (Å²) >= 11 is 0. The lowest BCUT2D eigenvalue weighted by atomic mass is 10.00. The zero-order valence-electron chi connectivity index (χ0n) is 8.43. The Kier molecular flexibility index (Phi) is 3.45. The Morgan fingerprint density at radius 2 is 1.59 bits per heavy atom. The first kappa shape index (κ1) is 13.5. The summed E-state index contributed by atoms with van der Waals surface area (Å²) in [7, 11) is 0. The van der Waals surface area contributed by atoms with Crippen LogP contribution in [-0.2, 0) is 18.5 Å². The molecule has 17 heavy (non-hydrogen) atoms. The maximum Gasteiger partial charge on any atom is 0.344 e. The Balaban J connectivity index is 3.39. The molecule has 0 radical (unpaired) electrons. The van der Waals surface area contributed by atoms with Gasteiger partial charge in [0.25, 0.3) is 0 Å². The van der Waals surface area contributed by atoms with E-state index in [1.165, 1.54) is 0 Å². The van der Waals surface area contributed by atoms with Crippen molar-refractivity contribution in [3.05, 3.63) is 34.9 Å². The van der Waals surface area contributed by atoms with Gasteiger partial charge in [-0.2, -0.15) is 14.0 Å². The van der Waals surface area contributed by atoms with E-state index in [0.717, 1.165) is 18.2 Å². The highest BCUT2D eigenvalue weighted by Gasteiger charge is 2.37. The second-order valence-electron chi connectivity index (χ2n) is 3.39. The fraction of sp³-hybridized carbons (Fsp3) is 0.300. The number of nitrogens with zero attached hydrogens (tertiary/aromatic N) is 1. The van der Waals surface area contributed by atoms with Crippen LogP contribution in [0.1, 0.15) is 16.7 Å². The molecule has 1 rings (SSSR count). The second kappa shape index (κ2) is 4.35. The average Bonchev–Trinajstić information content (AvgIpc) is 2.15. The fourth-order valence-corrected chi connectivity index (χ4v) is 1.33. The predicted octanol–water partition coefficient (Wildman–Crippen LogP) is -0.119. The van der Waals surface area contributed by atoms with E-state index in [-0.39, 0.29) is 12.0 Å². The van der Waals surface area contributed by atoms with Crippen molar-refractivity contribution in [2.75, 3.05) is 0 Å². The van der Waals surface area contributed by atoms with Crippen molar-refractivity contribution < 1.29 is 29.2 Å². The second-order valence-corrected chi connectivity index (χ2v) is 3.39. The van der Waals surface area contributed by atoms with Crippen LogP contribution >= 0.6 is 0 Å². The largest absolute Gasteiger partial charge is 0.344 e. The molecule has 4 N–H and O–H groups in total. The van der Waals surface area contributed by atoms with Crippen LogP contribution in [0.25, 0.3) is 0 Å². The lowest BCUT2D eigenvalue weighted by Gasteiger charge is -2.21. The first-order chi connectivity index (χ1) is 7.66. The van der Waals surface area contributed by atoms with E-state index in [1.807, 2.05) is 0 Å². The Hall–Kier alpha value is -1.59. The molecular formula is C10H9F2NO4. The molecular weight excluding hydrogens is 236 g/mol. The normalized spacial score (nSPS) is 12.3. The van der Waals surface area contributed by atoms with Crippen LogP contribution < -0.4 is 0 Å². The molecule has 0 heterocycles. The number of hydrogen-bond donors (Lipinski definition) is 4. The van der Waals surface area contributed by atoms with Crippen molar-refractivity contribution in [3.63, 3.8) is 0 Å². The smallest absolute Gasteiger partial charge is 0.336 e. The molecule has 0 unspecified atom stereocenters. The summed E-state index contributed by atoms with van der Waals surface area (Å²) < 4.78 is 25.9. The van der Waals surface area contributed by atoms with E-state index in [1.54, 1.807) is 6.07 Å². The number of alkyl halides is 2. The number of rotatable bonds is 3. The Morgan fingerprint density at radius 3 is 2.00 bits per heavy atom. The van der Waals surface area contributed by atoms with Gasteiger partial charge in [0.1, 0.15) is 0 Å². The topological polar surface area (TPSA) is 105 Å². The first-order valence-electron chi connectivity index (χ1n) is 4.44. The lowest BCUT2D eigenvalue weighted by Crippen LogP contribution is -2.27. The standard InChI is InChI=1S/C10H9F2NO4/c11-9(14,15)7-2-1-6(3-4-13)5-8(7)10(12,16)17/h1-2,5,14-17H,3H2. The summed E-state index contributed by atoms with van der Waals surface area (Å²) in [5.74, 6) is 0. The van der Waals surface area contributed by atoms with Gasteiger partial charge in [-0.1, -0.05) is 6.07 Å². The van der Waals surface area contributed by atoms with Gasteiger partial charge >= 0.3 is 12.1 Å². The minimum Gasteiger partial charge on any atom is -0.336 e. The SMILES string of the molecule is N#CCc1ccc(C(O)(O)F)c(C(O)(O)F)c1. The highest BCUT2D eigenvalue weighted by atomic mass is 19.2. The monoisotopic (exact) mass is 245 g/mol. The molecule has 0 spiro atoms. The van der Waals surface area contributed by atoms with Gasteiger partial charge in [0.15, 0.2) is 0 Å². The molecule has 0 amide bonds. The van der Waals surface area contributed by atoms with Gasteiger partial charge in [0, 0.05) is 0 Å². The van der Waals surface area contributed by atoms with Gasteiger partial charge in [-0.25, -0.2) is 0 Å². The molecule has 0 aromatic heterocycles. The molecule has 0 saturated heterocycles. The molecule has 0 aliphatic rings. The highest BCUT2D eigenvalue weighted by Crippen LogP contribution is 2.31. The van der Waals surface area contributed by atoms with Crippen molar-refractivity contribution in [1.82, 2.24) is 0 Å². The van der Waals surface area contributed by atoms with Crippen molar-refractivity contribution in [2.45, 2.75) is 18.5 Å². The first-order valence-corrected chi connectivity index (χ1v) is 4.44. The van der Waals surface area contributed by atoms with Crippen molar-refractivity contribution in [1.29, 1.82) is 5.26 Å². The van der Waals surface area contributed by atoms with Gasteiger partial charge in [-0.15, -0.1) is 0 Å². The highest BCUT2D eigenvalue weighted by molar-refractivity contribution is 5.36. The van der Waals surface area contributed by atoms with Crippen LogP contribution in [0.15, 0.2) is 18.2 Å². The number of benzene rings is 1. The van der Waals surface area contributed by atoms with Crippen LogP contribution in [0.5, 0.6) is 0 Å². The molecule has 0 atom stereocenters. The van der Waals surface area contributed by atoms with Crippen molar-refractivity contribution >= 4 is 0 Å². The summed E-state index contributed by atoms with van der Waals surface area (Å²) in [4.78, 5) is 0. The van der Waals surface area contributed by atoms with Crippen LogP contribution in [-0.4, -0.2) is 20.4 Å². The maximum atomic E-state index is 13.0. The van der Waals surface area contributed by atoms with Gasteiger partial charge in [-0.3, -0.25) is 0 Å². The van der Waals surface area contributed by atoms with E-state index in [2.05, 4.69) is 0 Å². The molecule has 5 nitrogen and oxygen atoms in total. The third kappa shape index (κ3) is 3.18. The molecule has 0 aliphatic carbocycles. The Labute approximate surface area is 94.8 Å². The Bertz CT molecular complexity index is 457. The quantitative estimate of drug-likeness (QED) is 0.556. The van der Waals surface area contributed by atoms with Gasteiger partial charge in [0.05, 0.1) is 23.6 Å². The maximum absolute atomic E-state index is 13.0. The summed E-state index contributed by atoms with van der Waals surface area (Å²) in [6.07, 6.45) is -0.181. The van der Waals surface area contributed by atoms with Crippen molar-refractivity contribution in [2.24, 2.45) is 0 Å². The molecule has 1 aromatic rings. The van der Waals surface area contributed by atoms with Gasteiger partial charge in [-0.05, 0) is 17.7 Å². The third-order valence-corrected chi connectivity index (χ3v) is 2.05. The van der Waals surface area contributed by atoms with Gasteiger partial charge in [0.2, 0.25) is 0 Å². The number of aliphatic hydroxyl groups is 4. The van der Waals surface area contributed by atoms with Crippen LogP contribution in [0, 0.1) is 11.3 Å². The van der Waals surface area contributed by atoms with E-state index in [4.69, 9.17) is 25.7 Å². The van der Waals surface area contributed by atoms with E-state index < -0.39 is 23.2 Å². The summed E-state index contributed by atoms with van der Waals surface area (Å²) in [5.41, 5.74) is -1.95. The summed E-state index contributed by atoms with van der Waals surface area (Å²) in [6.45, 7) is 0. The van der Waals surface area contributed by atoms with Crippen molar-refractivity contribution in [3.8, 4) is 6.07 Å². The van der Waals surface area contributed by atoms with Crippen LogP contribution in [0.3, 0.4) is 0 Å². The zero-order valence-corrected chi connectivity index (χ0v) is 8.43. The van der Waals surface area contributed by atoms with Gasteiger partial charge < -0.3 is 20.4 Å². The molecule has 0 saturated carbocycles. The minimum atomic E-state index is -3.94. The minimum absolute atomic E-state index is 0.167. The molecule has 1 aromatic carbocycles. The van der Waals surface area contributed by atoms with Crippen LogP contribution in [0.2, 0.25) is 0 Å². The lowest BCUT2D eigenvalue weighted by molar-refractivity contribution is -0.290. The molecule has 92 valence electrons. The Morgan fingerprint density at radius 1 is 1.06 bits per heavy atom. The summed E-state index contributed by atoms with van der Waals surface area (Å²) in [6, 6.07) is -3.49.